The Kier molecular flexibility index (Phi) is 7.35. The normalized spacial score (nSPS) is 12.1. The number of nitrogens with zero attached hydrogens (tertiary/aromatic N) is 7. The quantitative estimate of drug-likeness (QED) is 0.151. The van der Waals surface area contributed by atoms with Crippen LogP contribution in [0.2, 0.25) is 0 Å². The van der Waals surface area contributed by atoms with Gasteiger partial charge in [-0.2, -0.15) is 5.10 Å². The highest BCUT2D eigenvalue weighted by Gasteiger charge is 2.22. The third-order valence-electron chi connectivity index (χ3n) is 9.68. The number of hydrogen-bond acceptors (Lipinski definition) is 5. The van der Waals surface area contributed by atoms with E-state index in [9.17, 15) is 0 Å². The zero-order valence-corrected chi connectivity index (χ0v) is 29.5. The summed E-state index contributed by atoms with van der Waals surface area (Å²) >= 11 is 0. The highest BCUT2D eigenvalue weighted by molar-refractivity contribution is 6.12. The summed E-state index contributed by atoms with van der Waals surface area (Å²) in [6.07, 6.45) is 3.79. The molecule has 51 heavy (non-hydrogen) atoms. The van der Waals surface area contributed by atoms with Gasteiger partial charge in [-0.05, 0) is 78.4 Å². The number of ether oxygens (including phenoxy) is 1. The molecule has 0 bridgehead atoms. The smallest absolute Gasteiger partial charge is 0.240 e. The van der Waals surface area contributed by atoms with Crippen molar-refractivity contribution in [3.63, 3.8) is 0 Å². The Morgan fingerprint density at radius 3 is 1.94 bits per heavy atom. The predicted octanol–water partition coefficient (Wildman–Crippen LogP) is 10.2. The number of aromatic nitrogens is 7. The van der Waals surface area contributed by atoms with Gasteiger partial charge >= 0.3 is 0 Å². The lowest BCUT2D eigenvalue weighted by molar-refractivity contribution is 0.484. The van der Waals surface area contributed by atoms with Gasteiger partial charge in [0.1, 0.15) is 23.7 Å². The van der Waals surface area contributed by atoms with E-state index < -0.39 is 0 Å². The monoisotopic (exact) mass is 669 g/mol. The first-order chi connectivity index (χ1) is 24.8. The molecule has 4 heterocycles. The van der Waals surface area contributed by atoms with Crippen molar-refractivity contribution in [2.45, 2.75) is 47.5 Å². The number of benzene rings is 5. The van der Waals surface area contributed by atoms with E-state index in [1.54, 1.807) is 0 Å². The van der Waals surface area contributed by atoms with Gasteiger partial charge in [0.25, 0.3) is 0 Å². The first-order valence-electron chi connectivity index (χ1n) is 17.7. The maximum absolute atomic E-state index is 6.65. The summed E-state index contributed by atoms with van der Waals surface area (Å²) in [6.45, 7) is 11.0. The van der Waals surface area contributed by atoms with Crippen LogP contribution in [0.3, 0.4) is 0 Å². The second-order valence-electron chi connectivity index (χ2n) is 14.4. The Morgan fingerprint density at radius 1 is 0.627 bits per heavy atom. The average Bonchev–Trinajstić information content (AvgIpc) is 3.83. The van der Waals surface area contributed by atoms with Crippen LogP contribution in [0.4, 0.5) is 0 Å². The Morgan fingerprint density at radius 2 is 1.24 bits per heavy atom. The molecule has 0 atom stereocenters. The van der Waals surface area contributed by atoms with Crippen LogP contribution < -0.4 is 4.74 Å². The molecule has 4 aromatic heterocycles. The van der Waals surface area contributed by atoms with Crippen molar-refractivity contribution in [3.05, 3.63) is 126 Å². The molecule has 0 saturated carbocycles. The minimum atomic E-state index is 0.504. The van der Waals surface area contributed by atoms with Crippen LogP contribution in [-0.2, 0) is 12.8 Å². The highest BCUT2D eigenvalue weighted by Crippen LogP contribution is 2.37. The van der Waals surface area contributed by atoms with Crippen molar-refractivity contribution in [3.8, 4) is 23.1 Å². The largest absolute Gasteiger partial charge is 0.457 e. The second-order valence-corrected chi connectivity index (χ2v) is 14.4. The molecule has 0 radical (unpaired) electrons. The zero-order chi connectivity index (χ0) is 34.8. The molecule has 9 aromatic rings. The van der Waals surface area contributed by atoms with E-state index in [1.165, 1.54) is 16.8 Å². The molecule has 0 unspecified atom stereocenters. The van der Waals surface area contributed by atoms with E-state index in [1.807, 2.05) is 36.0 Å². The molecule has 8 nitrogen and oxygen atoms in total. The van der Waals surface area contributed by atoms with E-state index in [0.717, 1.165) is 85.2 Å². The maximum Gasteiger partial charge on any atom is 0.240 e. The van der Waals surface area contributed by atoms with Crippen molar-refractivity contribution >= 4 is 49.1 Å². The molecule has 0 aliphatic carbocycles. The van der Waals surface area contributed by atoms with Crippen molar-refractivity contribution in [2.75, 3.05) is 0 Å². The number of pyridine rings is 1. The SMILES string of the molecule is Cc1nc2c3ccccc3c3ccc(Oc4ccc5c6ccccc6n(-c6nncn6-c6c(CC(C)C)cccc6CC(C)C)c5c4)cc3n2n1. The maximum atomic E-state index is 6.65. The van der Waals surface area contributed by atoms with Gasteiger partial charge < -0.3 is 4.74 Å². The van der Waals surface area contributed by atoms with E-state index >= 15 is 0 Å². The topological polar surface area (TPSA) is 75.1 Å². The van der Waals surface area contributed by atoms with E-state index in [0.29, 0.717) is 11.8 Å². The molecule has 0 aliphatic rings. The van der Waals surface area contributed by atoms with Crippen LogP contribution in [0.25, 0.3) is 60.8 Å². The molecular formula is C43H39N7O. The molecule has 0 N–H and O–H groups in total. The summed E-state index contributed by atoms with van der Waals surface area (Å²) in [5, 5.41) is 19.7. The standard InChI is InChI=1S/C43H39N7O/c1-26(2)21-29-11-10-12-30(22-27(3)4)41(29)48-25-44-46-43(48)49-38-16-9-8-14-34(38)36-20-18-31(23-39(36)49)51-32-17-19-35-33-13-6-7-15-37(33)42-45-28(5)47-50(42)40(35)24-32/h6-20,23-27H,21-22H2,1-5H3. The van der Waals surface area contributed by atoms with Crippen molar-refractivity contribution in [1.82, 2.24) is 33.9 Å². The van der Waals surface area contributed by atoms with Crippen LogP contribution >= 0.6 is 0 Å². The number of hydrogen-bond donors (Lipinski definition) is 0. The van der Waals surface area contributed by atoms with Gasteiger partial charge in [-0.15, -0.1) is 10.2 Å². The fourth-order valence-electron chi connectivity index (χ4n) is 7.72. The van der Waals surface area contributed by atoms with Gasteiger partial charge in [0, 0.05) is 33.7 Å². The lowest BCUT2D eigenvalue weighted by atomic mass is 9.94. The molecule has 9 rings (SSSR count). The van der Waals surface area contributed by atoms with Gasteiger partial charge in [0.05, 0.1) is 22.2 Å². The van der Waals surface area contributed by atoms with Crippen LogP contribution in [0, 0.1) is 18.8 Å². The van der Waals surface area contributed by atoms with Gasteiger partial charge in [0.2, 0.25) is 5.95 Å². The molecule has 0 fully saturated rings. The zero-order valence-electron chi connectivity index (χ0n) is 29.5. The van der Waals surface area contributed by atoms with Gasteiger partial charge in [-0.3, -0.25) is 9.13 Å². The molecule has 0 spiro atoms. The summed E-state index contributed by atoms with van der Waals surface area (Å²) < 4.78 is 13.0. The fraction of sp³-hybridized carbons (Fsp3) is 0.209. The fourth-order valence-corrected chi connectivity index (χ4v) is 7.72. The molecule has 0 saturated heterocycles. The van der Waals surface area contributed by atoms with Gasteiger partial charge in [-0.25, -0.2) is 9.50 Å². The number of aryl methyl sites for hydroxylation is 1. The third-order valence-corrected chi connectivity index (χ3v) is 9.68. The minimum Gasteiger partial charge on any atom is -0.457 e. The number of rotatable bonds is 8. The second kappa shape index (κ2) is 12.1. The van der Waals surface area contributed by atoms with Crippen LogP contribution in [0.1, 0.15) is 44.6 Å². The lowest BCUT2D eigenvalue weighted by Crippen LogP contribution is -2.12. The Balaban J connectivity index is 1.21. The van der Waals surface area contributed by atoms with Crippen LogP contribution in [0.5, 0.6) is 11.5 Å². The predicted molar refractivity (Wildman–Crippen MR) is 206 cm³/mol. The molecule has 252 valence electrons. The molecule has 8 heteroatoms. The summed E-state index contributed by atoms with van der Waals surface area (Å²) in [6, 6.07) is 36.1. The van der Waals surface area contributed by atoms with E-state index in [-0.39, 0.29) is 0 Å². The first-order valence-corrected chi connectivity index (χ1v) is 17.7. The van der Waals surface area contributed by atoms with Crippen molar-refractivity contribution < 1.29 is 4.74 Å². The summed E-state index contributed by atoms with van der Waals surface area (Å²) in [4.78, 5) is 4.76. The van der Waals surface area contributed by atoms with Crippen molar-refractivity contribution in [2.24, 2.45) is 11.8 Å². The molecule has 0 amide bonds. The van der Waals surface area contributed by atoms with E-state index in [2.05, 4.69) is 127 Å². The highest BCUT2D eigenvalue weighted by atomic mass is 16.5. The number of para-hydroxylation sites is 2. The Labute approximate surface area is 295 Å². The molecule has 5 aromatic carbocycles. The van der Waals surface area contributed by atoms with Gasteiger partial charge in [0.15, 0.2) is 5.65 Å². The summed E-state index contributed by atoms with van der Waals surface area (Å²) in [7, 11) is 0. The Bertz CT molecular complexity index is 2740. The molecular weight excluding hydrogens is 631 g/mol. The lowest BCUT2D eigenvalue weighted by Gasteiger charge is -2.20. The number of fused-ring (bicyclic) bond motifs is 9. The van der Waals surface area contributed by atoms with Crippen molar-refractivity contribution in [1.29, 1.82) is 0 Å². The van der Waals surface area contributed by atoms with Crippen LogP contribution in [0.15, 0.2) is 109 Å². The molecule has 0 aliphatic heterocycles. The van der Waals surface area contributed by atoms with E-state index in [4.69, 9.17) is 19.9 Å². The Hall–Kier alpha value is -6.02. The van der Waals surface area contributed by atoms with Crippen LogP contribution in [-0.4, -0.2) is 33.9 Å². The third kappa shape index (κ3) is 5.21. The summed E-state index contributed by atoms with van der Waals surface area (Å²) in [5.41, 5.74) is 7.63. The summed E-state index contributed by atoms with van der Waals surface area (Å²) in [5.74, 6) is 3.94. The average molecular weight is 670 g/mol. The first kappa shape index (κ1) is 31.0. The van der Waals surface area contributed by atoms with Gasteiger partial charge in [-0.1, -0.05) is 88.4 Å². The minimum absolute atomic E-state index is 0.504.